The molecule has 0 unspecified atom stereocenters. The second kappa shape index (κ2) is 10.3. The van der Waals surface area contributed by atoms with Gasteiger partial charge in [0.25, 0.3) is 5.91 Å². The Bertz CT molecular complexity index is 1200. The van der Waals surface area contributed by atoms with E-state index in [1.165, 1.54) is 24.3 Å². The zero-order valence-electron chi connectivity index (χ0n) is 18.4. The third-order valence-electron chi connectivity index (χ3n) is 5.39. The van der Waals surface area contributed by atoms with Crippen molar-refractivity contribution in [1.82, 2.24) is 4.90 Å². The monoisotopic (exact) mass is 503 g/mol. The third-order valence-corrected chi connectivity index (χ3v) is 5.64. The molecule has 10 heteroatoms. The minimum absolute atomic E-state index is 0.223. The number of para-hydroxylation sites is 2. The van der Waals surface area contributed by atoms with Crippen molar-refractivity contribution in [1.29, 1.82) is 0 Å². The van der Waals surface area contributed by atoms with Crippen LogP contribution in [0.3, 0.4) is 0 Å². The Morgan fingerprint density at radius 3 is 2.34 bits per heavy atom. The van der Waals surface area contributed by atoms with E-state index < -0.39 is 6.36 Å². The van der Waals surface area contributed by atoms with Crippen LogP contribution in [0, 0.1) is 0 Å². The van der Waals surface area contributed by atoms with E-state index >= 15 is 0 Å². The molecule has 1 fully saturated rings. The van der Waals surface area contributed by atoms with Crippen LogP contribution in [0.25, 0.3) is 0 Å². The van der Waals surface area contributed by atoms with Gasteiger partial charge in [0.15, 0.2) is 0 Å². The lowest BCUT2D eigenvalue weighted by Crippen LogP contribution is -2.49. The van der Waals surface area contributed by atoms with Gasteiger partial charge in [0.1, 0.15) is 5.75 Å². The lowest BCUT2D eigenvalue weighted by molar-refractivity contribution is -0.274. The second-order valence-electron chi connectivity index (χ2n) is 7.88. The number of benzene rings is 3. The normalized spacial score (nSPS) is 14.1. The Kier molecular flexibility index (Phi) is 7.16. The van der Waals surface area contributed by atoms with E-state index in [1.807, 2.05) is 0 Å². The maximum atomic E-state index is 13.3. The molecule has 182 valence electrons. The fourth-order valence-electron chi connectivity index (χ4n) is 3.78. The summed E-state index contributed by atoms with van der Waals surface area (Å²) >= 11 is 5.89. The number of ether oxygens (including phenoxy) is 1. The molecular weight excluding hydrogens is 483 g/mol. The highest BCUT2D eigenvalue weighted by Gasteiger charge is 2.31. The number of urea groups is 1. The number of rotatable bonds is 6. The van der Waals surface area contributed by atoms with Gasteiger partial charge in [0.05, 0.1) is 11.4 Å². The smallest absolute Gasteiger partial charge is 0.406 e. The van der Waals surface area contributed by atoms with E-state index in [0.29, 0.717) is 47.0 Å². The number of hydrogen-bond acceptors (Lipinski definition) is 3. The molecule has 3 aromatic rings. The number of halogens is 4. The molecule has 4 rings (SSSR count). The standard InChI is InChI=1S/C25H21ClF3N3O3/c26-19-10-8-18(9-11-19)23(33)30-21-4-1-2-5-22(21)32-15-3-14-31(24(32)34)16-17-6-12-20(13-7-17)35-25(27,28)29/h1-2,4-13H,3,14-16H2,(H,30,33). The van der Waals surface area contributed by atoms with Crippen LogP contribution in [0.1, 0.15) is 22.3 Å². The number of nitrogens with zero attached hydrogens (tertiary/aromatic N) is 2. The summed E-state index contributed by atoms with van der Waals surface area (Å²) in [6.45, 7) is 1.18. The zero-order chi connectivity index (χ0) is 25.0. The molecule has 1 N–H and O–H groups in total. The minimum Gasteiger partial charge on any atom is -0.406 e. The van der Waals surface area contributed by atoms with Crippen LogP contribution < -0.4 is 15.0 Å². The summed E-state index contributed by atoms with van der Waals surface area (Å²) in [5.74, 6) is -0.658. The molecule has 6 nitrogen and oxygen atoms in total. The number of carbonyl (C=O) groups is 2. The van der Waals surface area contributed by atoms with Gasteiger partial charge in [-0.05, 0) is 60.5 Å². The Morgan fingerprint density at radius 1 is 0.971 bits per heavy atom. The predicted molar refractivity (Wildman–Crippen MR) is 127 cm³/mol. The fourth-order valence-corrected chi connectivity index (χ4v) is 3.91. The van der Waals surface area contributed by atoms with Gasteiger partial charge in [-0.25, -0.2) is 4.79 Å². The number of anilines is 2. The van der Waals surface area contributed by atoms with Crippen LogP contribution in [0.4, 0.5) is 29.3 Å². The van der Waals surface area contributed by atoms with Crippen LogP contribution in [0.2, 0.25) is 5.02 Å². The molecule has 35 heavy (non-hydrogen) atoms. The summed E-state index contributed by atoms with van der Waals surface area (Å²) in [5, 5.41) is 3.37. The van der Waals surface area contributed by atoms with Gasteiger partial charge in [-0.1, -0.05) is 35.9 Å². The first kappa shape index (κ1) is 24.4. The van der Waals surface area contributed by atoms with Crippen molar-refractivity contribution >= 4 is 34.9 Å². The maximum Gasteiger partial charge on any atom is 0.573 e. The van der Waals surface area contributed by atoms with Crippen molar-refractivity contribution in [3.63, 3.8) is 0 Å². The van der Waals surface area contributed by atoms with Gasteiger partial charge < -0.3 is 15.0 Å². The summed E-state index contributed by atoms with van der Waals surface area (Å²) in [6.07, 6.45) is -4.08. The number of nitrogens with one attached hydrogen (secondary N) is 1. The fraction of sp³-hybridized carbons (Fsp3) is 0.200. The summed E-state index contributed by atoms with van der Waals surface area (Å²) in [5.41, 5.74) is 2.13. The minimum atomic E-state index is -4.76. The first-order valence-electron chi connectivity index (χ1n) is 10.8. The summed E-state index contributed by atoms with van der Waals surface area (Å²) in [7, 11) is 0. The first-order chi connectivity index (χ1) is 16.7. The molecule has 0 atom stereocenters. The summed E-state index contributed by atoms with van der Waals surface area (Å²) in [4.78, 5) is 29.2. The van der Waals surface area contributed by atoms with Gasteiger partial charge in [0.2, 0.25) is 0 Å². The summed E-state index contributed by atoms with van der Waals surface area (Å²) < 4.78 is 41.0. The number of carbonyl (C=O) groups excluding carboxylic acids is 2. The lowest BCUT2D eigenvalue weighted by atomic mass is 10.1. The van der Waals surface area contributed by atoms with Crippen LogP contribution >= 0.6 is 11.6 Å². The van der Waals surface area contributed by atoms with Gasteiger partial charge >= 0.3 is 12.4 Å². The van der Waals surface area contributed by atoms with Crippen molar-refractivity contribution in [2.45, 2.75) is 19.3 Å². The lowest BCUT2D eigenvalue weighted by Gasteiger charge is -2.36. The molecule has 1 heterocycles. The molecule has 0 aliphatic carbocycles. The highest BCUT2D eigenvalue weighted by atomic mass is 35.5. The van der Waals surface area contributed by atoms with Crippen molar-refractivity contribution in [2.24, 2.45) is 0 Å². The van der Waals surface area contributed by atoms with Crippen molar-refractivity contribution in [3.8, 4) is 5.75 Å². The molecule has 3 amide bonds. The topological polar surface area (TPSA) is 61.9 Å². The van der Waals surface area contributed by atoms with Crippen molar-refractivity contribution in [2.75, 3.05) is 23.3 Å². The highest BCUT2D eigenvalue weighted by molar-refractivity contribution is 6.30. The average molecular weight is 504 g/mol. The number of hydrogen-bond donors (Lipinski definition) is 1. The average Bonchev–Trinajstić information content (AvgIpc) is 2.82. The predicted octanol–water partition coefficient (Wildman–Crippen LogP) is 6.32. The van der Waals surface area contributed by atoms with E-state index in [-0.39, 0.29) is 24.2 Å². The molecule has 0 saturated carbocycles. The molecule has 0 bridgehead atoms. The van der Waals surface area contributed by atoms with E-state index in [2.05, 4.69) is 10.1 Å². The van der Waals surface area contributed by atoms with E-state index in [9.17, 15) is 22.8 Å². The molecule has 0 aromatic heterocycles. The third kappa shape index (κ3) is 6.24. The second-order valence-corrected chi connectivity index (χ2v) is 8.32. The maximum absolute atomic E-state index is 13.3. The molecule has 3 aromatic carbocycles. The Labute approximate surface area is 204 Å². The molecule has 0 spiro atoms. The largest absolute Gasteiger partial charge is 0.573 e. The molecule has 0 radical (unpaired) electrons. The molecular formula is C25H21ClF3N3O3. The Hall–Kier alpha value is -3.72. The number of alkyl halides is 3. The van der Waals surface area contributed by atoms with Gasteiger partial charge in [-0.2, -0.15) is 0 Å². The molecule has 1 aliphatic rings. The van der Waals surface area contributed by atoms with Crippen LogP contribution in [0.5, 0.6) is 5.75 Å². The molecule has 1 aliphatic heterocycles. The van der Waals surface area contributed by atoms with Crippen molar-refractivity contribution < 1.29 is 27.5 Å². The SMILES string of the molecule is O=C(Nc1ccccc1N1CCCN(Cc2ccc(OC(F)(F)F)cc2)C1=O)c1ccc(Cl)cc1. The Balaban J connectivity index is 1.48. The van der Waals surface area contributed by atoms with E-state index in [0.717, 1.165) is 0 Å². The summed E-state index contributed by atoms with van der Waals surface area (Å²) in [6, 6.07) is 18.6. The Morgan fingerprint density at radius 2 is 1.66 bits per heavy atom. The molecule has 1 saturated heterocycles. The first-order valence-corrected chi connectivity index (χ1v) is 11.1. The van der Waals surface area contributed by atoms with Gasteiger partial charge in [0, 0.05) is 30.2 Å². The van der Waals surface area contributed by atoms with Crippen molar-refractivity contribution in [3.05, 3.63) is 88.9 Å². The quantitative estimate of drug-likeness (QED) is 0.428. The van der Waals surface area contributed by atoms with E-state index in [1.54, 1.807) is 58.3 Å². The highest BCUT2D eigenvalue weighted by Crippen LogP contribution is 2.30. The van der Waals surface area contributed by atoms with Gasteiger partial charge in [-0.3, -0.25) is 9.69 Å². The van der Waals surface area contributed by atoms with Crippen LogP contribution in [-0.4, -0.2) is 36.3 Å². The number of amides is 3. The zero-order valence-corrected chi connectivity index (χ0v) is 19.1. The van der Waals surface area contributed by atoms with Gasteiger partial charge in [-0.15, -0.1) is 13.2 Å². The van der Waals surface area contributed by atoms with Crippen LogP contribution in [0.15, 0.2) is 72.8 Å². The van der Waals surface area contributed by atoms with E-state index in [4.69, 9.17) is 11.6 Å². The van der Waals surface area contributed by atoms with Crippen LogP contribution in [-0.2, 0) is 6.54 Å².